The quantitative estimate of drug-likeness (QED) is 0.355. The predicted octanol–water partition coefficient (Wildman–Crippen LogP) is 0.495. The van der Waals surface area contributed by atoms with Gasteiger partial charge in [0, 0.05) is 17.5 Å². The Morgan fingerprint density at radius 2 is 2.33 bits per heavy atom. The summed E-state index contributed by atoms with van der Waals surface area (Å²) in [6.45, 7) is 1.60. The molecule has 0 aliphatic carbocycles. The van der Waals surface area contributed by atoms with Crippen molar-refractivity contribution < 1.29 is 9.72 Å². The minimum Gasteiger partial charge on any atom is -0.292 e. The smallest absolute Gasteiger partial charge is 0.271 e. The largest absolute Gasteiger partial charge is 0.292 e. The monoisotopic (exact) mass is 249 g/mol. The maximum Gasteiger partial charge on any atom is 0.271 e. The molecule has 2 rings (SSSR count). The average Bonchev–Trinajstić information content (AvgIpc) is 2.79. The minimum absolute atomic E-state index is 0.0513. The standard InChI is InChI=1S/C10H11N5O3/c1-6(10(16)13-11)14-9-4-8(15(17)18)3-2-7(9)5-12-14/h2-6H,11H2,1H3,(H,13,16). The van der Waals surface area contributed by atoms with Crippen molar-refractivity contribution in [3.05, 3.63) is 34.5 Å². The van der Waals surface area contributed by atoms with Gasteiger partial charge in [0.25, 0.3) is 11.6 Å². The van der Waals surface area contributed by atoms with Crippen molar-refractivity contribution in [2.45, 2.75) is 13.0 Å². The van der Waals surface area contributed by atoms with Crippen LogP contribution in [0.15, 0.2) is 24.4 Å². The summed E-state index contributed by atoms with van der Waals surface area (Å²) < 4.78 is 1.39. The SMILES string of the molecule is CC(C(=O)NN)n1ncc2ccc([N+](=O)[O-])cc21. The van der Waals surface area contributed by atoms with Crippen LogP contribution in [0.4, 0.5) is 5.69 Å². The molecule has 1 heterocycles. The van der Waals surface area contributed by atoms with E-state index in [9.17, 15) is 14.9 Å². The van der Waals surface area contributed by atoms with E-state index in [2.05, 4.69) is 5.10 Å². The molecule has 1 amide bonds. The third-order valence-corrected chi connectivity index (χ3v) is 2.68. The lowest BCUT2D eigenvalue weighted by Crippen LogP contribution is -2.36. The summed E-state index contributed by atoms with van der Waals surface area (Å²) in [5.41, 5.74) is 2.48. The number of non-ortho nitro benzene ring substituents is 1. The van der Waals surface area contributed by atoms with Crippen LogP contribution in [-0.4, -0.2) is 20.6 Å². The molecule has 8 heteroatoms. The first-order valence-corrected chi connectivity index (χ1v) is 5.16. The summed E-state index contributed by atoms with van der Waals surface area (Å²) >= 11 is 0. The highest BCUT2D eigenvalue weighted by Crippen LogP contribution is 2.22. The molecular formula is C10H11N5O3. The van der Waals surface area contributed by atoms with E-state index < -0.39 is 16.9 Å². The summed E-state index contributed by atoms with van der Waals surface area (Å²) in [7, 11) is 0. The molecule has 0 radical (unpaired) electrons. The Morgan fingerprint density at radius 3 is 2.94 bits per heavy atom. The van der Waals surface area contributed by atoms with Gasteiger partial charge >= 0.3 is 0 Å². The fourth-order valence-electron chi connectivity index (χ4n) is 1.68. The van der Waals surface area contributed by atoms with Crippen molar-refractivity contribution in [1.82, 2.24) is 15.2 Å². The summed E-state index contributed by atoms with van der Waals surface area (Å²) in [6.07, 6.45) is 1.54. The Hall–Kier alpha value is -2.48. The predicted molar refractivity (Wildman–Crippen MR) is 63.4 cm³/mol. The van der Waals surface area contributed by atoms with Crippen molar-refractivity contribution in [3.8, 4) is 0 Å². The minimum atomic E-state index is -0.644. The van der Waals surface area contributed by atoms with E-state index in [1.165, 1.54) is 16.8 Å². The fourth-order valence-corrected chi connectivity index (χ4v) is 1.68. The Bertz CT molecular complexity index is 621. The van der Waals surface area contributed by atoms with Crippen molar-refractivity contribution in [3.63, 3.8) is 0 Å². The number of nitrogens with two attached hydrogens (primary N) is 1. The molecule has 1 aromatic carbocycles. The number of nitro benzene ring substituents is 1. The highest BCUT2D eigenvalue weighted by molar-refractivity contribution is 5.85. The first-order valence-electron chi connectivity index (χ1n) is 5.16. The van der Waals surface area contributed by atoms with Crippen LogP contribution in [-0.2, 0) is 4.79 Å². The van der Waals surface area contributed by atoms with E-state index in [1.54, 1.807) is 19.2 Å². The highest BCUT2D eigenvalue weighted by Gasteiger charge is 2.18. The van der Waals surface area contributed by atoms with Crippen LogP contribution in [0.1, 0.15) is 13.0 Å². The molecule has 1 atom stereocenters. The van der Waals surface area contributed by atoms with Gasteiger partial charge in [-0.3, -0.25) is 25.0 Å². The number of aromatic nitrogens is 2. The van der Waals surface area contributed by atoms with Gasteiger partial charge in [-0.15, -0.1) is 0 Å². The van der Waals surface area contributed by atoms with Crippen LogP contribution in [0.3, 0.4) is 0 Å². The molecule has 0 bridgehead atoms. The molecule has 3 N–H and O–H groups in total. The number of benzene rings is 1. The Kier molecular flexibility index (Phi) is 2.94. The van der Waals surface area contributed by atoms with E-state index in [0.717, 1.165) is 5.39 Å². The summed E-state index contributed by atoms with van der Waals surface area (Å²) in [6, 6.07) is 3.71. The summed E-state index contributed by atoms with van der Waals surface area (Å²) in [5, 5.41) is 15.5. The van der Waals surface area contributed by atoms with Gasteiger partial charge in [-0.05, 0) is 13.0 Å². The summed E-state index contributed by atoms with van der Waals surface area (Å²) in [5.74, 6) is 4.63. The third kappa shape index (κ3) is 1.89. The number of nitro groups is 1. The van der Waals surface area contributed by atoms with Gasteiger partial charge in [0.15, 0.2) is 0 Å². The van der Waals surface area contributed by atoms with Gasteiger partial charge in [-0.25, -0.2) is 5.84 Å². The Labute approximate surface area is 101 Å². The van der Waals surface area contributed by atoms with Gasteiger partial charge in [-0.1, -0.05) is 0 Å². The lowest BCUT2D eigenvalue weighted by atomic mass is 10.2. The zero-order valence-electron chi connectivity index (χ0n) is 9.53. The topological polar surface area (TPSA) is 116 Å². The van der Waals surface area contributed by atoms with Gasteiger partial charge in [0.2, 0.25) is 0 Å². The van der Waals surface area contributed by atoms with E-state index in [4.69, 9.17) is 5.84 Å². The number of hydrogen-bond acceptors (Lipinski definition) is 5. The molecule has 0 aliphatic rings. The second-order valence-electron chi connectivity index (χ2n) is 3.77. The lowest BCUT2D eigenvalue weighted by molar-refractivity contribution is -0.384. The van der Waals surface area contributed by atoms with E-state index in [1.807, 2.05) is 5.43 Å². The molecule has 0 fully saturated rings. The zero-order chi connectivity index (χ0) is 13.3. The second-order valence-corrected chi connectivity index (χ2v) is 3.77. The molecule has 1 unspecified atom stereocenters. The van der Waals surface area contributed by atoms with Crippen molar-refractivity contribution in [1.29, 1.82) is 0 Å². The molecule has 2 aromatic rings. The summed E-state index contributed by atoms with van der Waals surface area (Å²) in [4.78, 5) is 21.7. The maximum absolute atomic E-state index is 11.4. The van der Waals surface area contributed by atoms with Gasteiger partial charge in [-0.2, -0.15) is 5.10 Å². The molecule has 0 aliphatic heterocycles. The highest BCUT2D eigenvalue weighted by atomic mass is 16.6. The number of hydrogen-bond donors (Lipinski definition) is 2. The Balaban J connectivity index is 2.55. The van der Waals surface area contributed by atoms with Crippen LogP contribution < -0.4 is 11.3 Å². The molecule has 0 saturated carbocycles. The molecule has 94 valence electrons. The number of rotatable bonds is 3. The second kappa shape index (κ2) is 4.41. The number of amides is 1. The lowest BCUT2D eigenvalue weighted by Gasteiger charge is -2.11. The van der Waals surface area contributed by atoms with E-state index in [0.29, 0.717) is 5.52 Å². The number of carbonyl (C=O) groups excluding carboxylic acids is 1. The van der Waals surface area contributed by atoms with Crippen LogP contribution in [0, 0.1) is 10.1 Å². The number of carbonyl (C=O) groups is 1. The Morgan fingerprint density at radius 1 is 1.61 bits per heavy atom. The first-order chi connectivity index (χ1) is 8.54. The molecule has 1 aromatic heterocycles. The fraction of sp³-hybridized carbons (Fsp3) is 0.200. The number of nitrogens with one attached hydrogen (secondary N) is 1. The van der Waals surface area contributed by atoms with Crippen molar-refractivity contribution >= 4 is 22.5 Å². The first kappa shape index (κ1) is 12.0. The molecular weight excluding hydrogens is 238 g/mol. The van der Waals surface area contributed by atoms with Crippen LogP contribution in [0.2, 0.25) is 0 Å². The molecule has 0 saturated heterocycles. The average molecular weight is 249 g/mol. The van der Waals surface area contributed by atoms with Gasteiger partial charge in [0.05, 0.1) is 16.6 Å². The normalized spacial score (nSPS) is 12.3. The molecule has 0 spiro atoms. The van der Waals surface area contributed by atoms with Crippen molar-refractivity contribution in [2.75, 3.05) is 0 Å². The molecule has 8 nitrogen and oxygen atoms in total. The van der Waals surface area contributed by atoms with Gasteiger partial charge in [0.1, 0.15) is 6.04 Å². The van der Waals surface area contributed by atoms with E-state index in [-0.39, 0.29) is 5.69 Å². The van der Waals surface area contributed by atoms with Crippen LogP contribution in [0.5, 0.6) is 0 Å². The number of hydrazine groups is 1. The molecule has 18 heavy (non-hydrogen) atoms. The number of nitrogens with zero attached hydrogens (tertiary/aromatic N) is 3. The van der Waals surface area contributed by atoms with Crippen LogP contribution in [0.25, 0.3) is 10.9 Å². The van der Waals surface area contributed by atoms with Gasteiger partial charge < -0.3 is 0 Å². The van der Waals surface area contributed by atoms with Crippen LogP contribution >= 0.6 is 0 Å². The zero-order valence-corrected chi connectivity index (χ0v) is 9.53. The van der Waals surface area contributed by atoms with E-state index >= 15 is 0 Å². The third-order valence-electron chi connectivity index (χ3n) is 2.68. The number of fused-ring (bicyclic) bond motifs is 1. The van der Waals surface area contributed by atoms with Crippen molar-refractivity contribution in [2.24, 2.45) is 5.84 Å². The maximum atomic E-state index is 11.4.